The van der Waals surface area contributed by atoms with E-state index in [-0.39, 0.29) is 35.4 Å². The van der Waals surface area contributed by atoms with Gasteiger partial charge in [0.25, 0.3) is 0 Å². The van der Waals surface area contributed by atoms with Crippen molar-refractivity contribution in [2.24, 2.45) is 5.92 Å². The summed E-state index contributed by atoms with van der Waals surface area (Å²) in [6, 6.07) is 7.98. The van der Waals surface area contributed by atoms with Gasteiger partial charge in [-0.2, -0.15) is 0 Å². The second-order valence-corrected chi connectivity index (χ2v) is 11.5. The molecule has 1 atom stereocenters. The summed E-state index contributed by atoms with van der Waals surface area (Å²) >= 11 is 0. The summed E-state index contributed by atoms with van der Waals surface area (Å²) in [6.07, 6.45) is 3.90. The first-order valence-corrected chi connectivity index (χ1v) is 13.2. The molecule has 0 spiro atoms. The summed E-state index contributed by atoms with van der Waals surface area (Å²) < 4.78 is 25.4. The van der Waals surface area contributed by atoms with E-state index in [1.165, 1.54) is 0 Å². The number of imidazole rings is 1. The number of sulfone groups is 1. The number of hydrogen-bond donors (Lipinski definition) is 1. The van der Waals surface area contributed by atoms with Crippen molar-refractivity contribution in [1.82, 2.24) is 19.4 Å². The maximum absolute atomic E-state index is 13.1. The van der Waals surface area contributed by atoms with Gasteiger partial charge in [-0.3, -0.25) is 14.3 Å². The second kappa shape index (κ2) is 8.09. The van der Waals surface area contributed by atoms with Gasteiger partial charge in [-0.25, -0.2) is 13.2 Å². The fourth-order valence-electron chi connectivity index (χ4n) is 5.61. The van der Waals surface area contributed by atoms with Crippen LogP contribution in [0.4, 0.5) is 0 Å². The van der Waals surface area contributed by atoms with Crippen LogP contribution in [0.1, 0.15) is 38.1 Å². The molecular formula is C22H30N4O4S. The third-order valence-corrected chi connectivity index (χ3v) is 9.12. The summed E-state index contributed by atoms with van der Waals surface area (Å²) in [5.74, 6) is 0.821. The second-order valence-electron chi connectivity index (χ2n) is 9.24. The van der Waals surface area contributed by atoms with Gasteiger partial charge >= 0.3 is 5.69 Å². The van der Waals surface area contributed by atoms with Crippen molar-refractivity contribution in [3.63, 3.8) is 0 Å². The molecule has 1 amide bonds. The molecule has 1 aromatic heterocycles. The molecule has 1 aromatic carbocycles. The number of carbonyl (C=O) groups is 1. The van der Waals surface area contributed by atoms with Crippen LogP contribution in [0, 0.1) is 5.92 Å². The fourth-order valence-corrected chi connectivity index (χ4v) is 7.38. The largest absolute Gasteiger partial charge is 0.342 e. The highest BCUT2D eigenvalue weighted by Gasteiger charge is 2.37. The Hall–Kier alpha value is -2.13. The number of hydrogen-bond acceptors (Lipinski definition) is 5. The minimum Gasteiger partial charge on any atom is -0.342 e. The zero-order valence-electron chi connectivity index (χ0n) is 17.7. The average molecular weight is 447 g/mol. The topological polar surface area (TPSA) is 95.5 Å². The SMILES string of the molecule is O=C(C1CCN([C@H]2CCS(=O)(=O)C2)CC1)N1CCC(n2c(=O)[nH]c3ccccc32)CC1. The molecule has 5 rings (SSSR count). The zero-order valence-corrected chi connectivity index (χ0v) is 18.5. The minimum atomic E-state index is -2.88. The van der Waals surface area contributed by atoms with Gasteiger partial charge in [-0.1, -0.05) is 12.1 Å². The van der Waals surface area contributed by atoms with Crippen LogP contribution in [0.15, 0.2) is 29.1 Å². The van der Waals surface area contributed by atoms with E-state index in [2.05, 4.69) is 9.88 Å². The number of benzene rings is 1. The van der Waals surface area contributed by atoms with Crippen LogP contribution in [0.3, 0.4) is 0 Å². The molecule has 1 N–H and O–H groups in total. The lowest BCUT2D eigenvalue weighted by Gasteiger charge is -2.39. The molecule has 2 aromatic rings. The zero-order chi connectivity index (χ0) is 21.6. The maximum Gasteiger partial charge on any atom is 0.326 e. The van der Waals surface area contributed by atoms with Crippen LogP contribution in [-0.2, 0) is 14.6 Å². The van der Waals surface area contributed by atoms with Crippen molar-refractivity contribution in [2.45, 2.75) is 44.2 Å². The first kappa shape index (κ1) is 20.8. The predicted molar refractivity (Wildman–Crippen MR) is 119 cm³/mol. The number of carbonyl (C=O) groups excluding carboxylic acids is 1. The van der Waals surface area contributed by atoms with Gasteiger partial charge in [-0.05, 0) is 57.3 Å². The van der Waals surface area contributed by atoms with E-state index in [4.69, 9.17) is 0 Å². The van der Waals surface area contributed by atoms with Gasteiger partial charge in [0.1, 0.15) is 0 Å². The molecule has 0 aliphatic carbocycles. The maximum atomic E-state index is 13.1. The van der Waals surface area contributed by atoms with Crippen LogP contribution in [0.25, 0.3) is 11.0 Å². The van der Waals surface area contributed by atoms with E-state index in [0.29, 0.717) is 18.8 Å². The fraction of sp³-hybridized carbons (Fsp3) is 0.636. The lowest BCUT2D eigenvalue weighted by atomic mass is 9.93. The normalized spacial score (nSPS) is 25.9. The number of piperidine rings is 2. The number of para-hydroxylation sites is 2. The monoisotopic (exact) mass is 446 g/mol. The third-order valence-electron chi connectivity index (χ3n) is 7.37. The standard InChI is InChI=1S/C22H30N4O4S/c27-21(16-5-10-24(11-6-16)18-9-14-31(29,30)15-18)25-12-7-17(8-13-25)26-20-4-2-1-3-19(20)23-22(26)28/h1-4,16-18H,5-15H2,(H,23,28)/t18-/m0/s1. The van der Waals surface area contributed by atoms with Gasteiger partial charge in [0.2, 0.25) is 5.91 Å². The van der Waals surface area contributed by atoms with Crippen LogP contribution < -0.4 is 5.69 Å². The van der Waals surface area contributed by atoms with Gasteiger partial charge in [0.05, 0.1) is 22.5 Å². The lowest BCUT2D eigenvalue weighted by molar-refractivity contribution is -0.138. The van der Waals surface area contributed by atoms with Crippen LogP contribution in [0.2, 0.25) is 0 Å². The molecule has 9 heteroatoms. The van der Waals surface area contributed by atoms with Crippen molar-refractivity contribution < 1.29 is 13.2 Å². The van der Waals surface area contributed by atoms with Gasteiger partial charge < -0.3 is 9.88 Å². The molecule has 0 unspecified atom stereocenters. The summed E-state index contributed by atoms with van der Waals surface area (Å²) in [6.45, 7) is 2.96. The van der Waals surface area contributed by atoms with Crippen LogP contribution in [0.5, 0.6) is 0 Å². The Morgan fingerprint density at radius 1 is 0.935 bits per heavy atom. The van der Waals surface area contributed by atoms with E-state index in [1.54, 1.807) is 0 Å². The van der Waals surface area contributed by atoms with E-state index < -0.39 is 9.84 Å². The first-order chi connectivity index (χ1) is 14.9. The number of nitrogens with zero attached hydrogens (tertiary/aromatic N) is 3. The van der Waals surface area contributed by atoms with Gasteiger partial charge in [0, 0.05) is 31.1 Å². The summed E-state index contributed by atoms with van der Waals surface area (Å²) in [5.41, 5.74) is 1.71. The highest BCUT2D eigenvalue weighted by Crippen LogP contribution is 2.29. The van der Waals surface area contributed by atoms with Crippen molar-refractivity contribution in [3.05, 3.63) is 34.7 Å². The summed E-state index contributed by atoms with van der Waals surface area (Å²) in [4.78, 5) is 32.7. The van der Waals surface area contributed by atoms with Crippen molar-refractivity contribution in [3.8, 4) is 0 Å². The van der Waals surface area contributed by atoms with E-state index in [0.717, 1.165) is 56.2 Å². The molecule has 8 nitrogen and oxygen atoms in total. The van der Waals surface area contributed by atoms with Crippen LogP contribution in [-0.4, -0.2) is 77.4 Å². The lowest BCUT2D eigenvalue weighted by Crippen LogP contribution is -2.48. The number of likely N-dealkylation sites (tertiary alicyclic amines) is 2. The molecule has 0 bridgehead atoms. The Morgan fingerprint density at radius 2 is 1.65 bits per heavy atom. The predicted octanol–water partition coefficient (Wildman–Crippen LogP) is 1.39. The Bertz CT molecular complexity index is 1120. The Kier molecular flexibility index (Phi) is 5.42. The molecule has 4 heterocycles. The Balaban J connectivity index is 1.16. The number of fused-ring (bicyclic) bond motifs is 1. The molecule has 31 heavy (non-hydrogen) atoms. The van der Waals surface area contributed by atoms with Crippen LogP contribution >= 0.6 is 0 Å². The smallest absolute Gasteiger partial charge is 0.326 e. The Morgan fingerprint density at radius 3 is 2.32 bits per heavy atom. The quantitative estimate of drug-likeness (QED) is 0.769. The number of rotatable bonds is 3. The molecule has 0 saturated carbocycles. The van der Waals surface area contributed by atoms with Gasteiger partial charge in [0.15, 0.2) is 9.84 Å². The molecule has 0 radical (unpaired) electrons. The van der Waals surface area contributed by atoms with E-state index in [9.17, 15) is 18.0 Å². The molecule has 3 aliphatic rings. The third kappa shape index (κ3) is 4.05. The molecular weight excluding hydrogens is 416 g/mol. The number of aromatic nitrogens is 2. The number of H-pyrrole nitrogens is 1. The molecule has 168 valence electrons. The number of nitrogens with one attached hydrogen (secondary N) is 1. The molecule has 3 aliphatic heterocycles. The highest BCUT2D eigenvalue weighted by atomic mass is 32.2. The Labute approximate surface area is 182 Å². The first-order valence-electron chi connectivity index (χ1n) is 11.3. The average Bonchev–Trinajstić information content (AvgIpc) is 3.31. The minimum absolute atomic E-state index is 0.0293. The van der Waals surface area contributed by atoms with E-state index >= 15 is 0 Å². The van der Waals surface area contributed by atoms with Crippen molar-refractivity contribution in [2.75, 3.05) is 37.7 Å². The van der Waals surface area contributed by atoms with Crippen molar-refractivity contribution in [1.29, 1.82) is 0 Å². The highest BCUT2D eigenvalue weighted by molar-refractivity contribution is 7.91. The molecule has 3 fully saturated rings. The number of amides is 1. The summed E-state index contributed by atoms with van der Waals surface area (Å²) in [7, 11) is -2.88. The van der Waals surface area contributed by atoms with E-state index in [1.807, 2.05) is 33.7 Å². The molecule has 3 saturated heterocycles. The number of aromatic amines is 1. The summed E-state index contributed by atoms with van der Waals surface area (Å²) in [5, 5.41) is 0. The van der Waals surface area contributed by atoms with Gasteiger partial charge in [-0.15, -0.1) is 0 Å². The van der Waals surface area contributed by atoms with Crippen molar-refractivity contribution >= 4 is 26.8 Å².